The van der Waals surface area contributed by atoms with E-state index in [-0.39, 0.29) is 10.8 Å². The van der Waals surface area contributed by atoms with E-state index in [1.54, 1.807) is 31.2 Å². The lowest BCUT2D eigenvalue weighted by atomic mass is 9.89. The lowest BCUT2D eigenvalue weighted by Gasteiger charge is -2.30. The van der Waals surface area contributed by atoms with Gasteiger partial charge in [0.2, 0.25) is 21.8 Å². The molecule has 33 heavy (non-hydrogen) atoms. The van der Waals surface area contributed by atoms with E-state index < -0.39 is 15.6 Å². The van der Waals surface area contributed by atoms with E-state index in [4.69, 9.17) is 9.26 Å². The first kappa shape index (κ1) is 23.8. The number of rotatable bonds is 7. The first-order valence-corrected chi connectivity index (χ1v) is 13.1. The number of ether oxygens (including phenoxy) is 1. The Morgan fingerprint density at radius 1 is 1.09 bits per heavy atom. The molecule has 1 amide bonds. The summed E-state index contributed by atoms with van der Waals surface area (Å²) in [6.07, 6.45) is 6.69. The first-order chi connectivity index (χ1) is 15.9. The zero-order valence-corrected chi connectivity index (χ0v) is 19.9. The lowest BCUT2D eigenvalue weighted by molar-refractivity contribution is -0.123. The summed E-state index contributed by atoms with van der Waals surface area (Å²) < 4.78 is 37.4. The van der Waals surface area contributed by atoms with Gasteiger partial charge in [-0.25, -0.2) is 8.42 Å². The number of hydrogen-bond acceptors (Lipinski definition) is 7. The smallest absolute Gasteiger partial charge is 0.243 e. The molecule has 0 atom stereocenters. The number of morpholine rings is 1. The van der Waals surface area contributed by atoms with E-state index in [9.17, 15) is 13.2 Å². The Kier molecular flexibility index (Phi) is 7.45. The highest BCUT2D eigenvalue weighted by Crippen LogP contribution is 2.34. The number of amides is 1. The van der Waals surface area contributed by atoms with Crippen LogP contribution in [0.5, 0.6) is 0 Å². The van der Waals surface area contributed by atoms with Crippen molar-refractivity contribution in [1.29, 1.82) is 0 Å². The molecule has 1 N–H and O–H groups in total. The average Bonchev–Trinajstić information content (AvgIpc) is 3.13. The number of nitrogens with one attached hydrogen (secondary N) is 1. The molecule has 1 aromatic carbocycles. The monoisotopic (exact) mass is 476 g/mol. The average molecular weight is 477 g/mol. The molecule has 0 unspecified atom stereocenters. The predicted octanol–water partition coefficient (Wildman–Crippen LogP) is 2.70. The molecule has 1 aromatic heterocycles. The fourth-order valence-corrected chi connectivity index (χ4v) is 5.99. The minimum absolute atomic E-state index is 0.0654. The van der Waals surface area contributed by atoms with Crippen LogP contribution in [0.3, 0.4) is 0 Å². The summed E-state index contributed by atoms with van der Waals surface area (Å²) in [5, 5.41) is 7.34. The highest BCUT2D eigenvalue weighted by molar-refractivity contribution is 7.89. The third-order valence-corrected chi connectivity index (χ3v) is 8.38. The summed E-state index contributed by atoms with van der Waals surface area (Å²) in [5.41, 5.74) is 0.331. The molecular formula is C23H32N4O5S. The molecule has 1 aliphatic heterocycles. The number of nitrogens with zero attached hydrogens (tertiary/aromatic N) is 3. The van der Waals surface area contributed by atoms with Gasteiger partial charge in [0, 0.05) is 26.4 Å². The predicted molar refractivity (Wildman–Crippen MR) is 121 cm³/mol. The number of benzene rings is 1. The van der Waals surface area contributed by atoms with E-state index in [1.165, 1.54) is 4.31 Å². The highest BCUT2D eigenvalue weighted by Gasteiger charge is 2.38. The van der Waals surface area contributed by atoms with Crippen LogP contribution in [0, 0.1) is 6.92 Å². The lowest BCUT2D eigenvalue weighted by Crippen LogP contribution is -2.46. The van der Waals surface area contributed by atoms with Crippen LogP contribution >= 0.6 is 0 Å². The van der Waals surface area contributed by atoms with Crippen LogP contribution in [0.15, 0.2) is 33.7 Å². The number of carbonyl (C=O) groups is 1. The van der Waals surface area contributed by atoms with Crippen LogP contribution in [0.1, 0.15) is 62.2 Å². The van der Waals surface area contributed by atoms with Gasteiger partial charge in [0.25, 0.3) is 0 Å². The maximum Gasteiger partial charge on any atom is 0.243 e. The van der Waals surface area contributed by atoms with Crippen molar-refractivity contribution in [3.8, 4) is 0 Å². The molecule has 2 fully saturated rings. The van der Waals surface area contributed by atoms with Crippen LogP contribution in [0.25, 0.3) is 0 Å². The van der Waals surface area contributed by atoms with Crippen LogP contribution in [-0.4, -0.2) is 55.1 Å². The summed E-state index contributed by atoms with van der Waals surface area (Å²) in [6, 6.07) is 6.80. The Hall–Kier alpha value is -2.30. The van der Waals surface area contributed by atoms with Gasteiger partial charge >= 0.3 is 0 Å². The quantitative estimate of drug-likeness (QED) is 0.611. The van der Waals surface area contributed by atoms with Crippen molar-refractivity contribution >= 4 is 15.9 Å². The van der Waals surface area contributed by atoms with Gasteiger partial charge < -0.3 is 14.6 Å². The molecule has 0 spiro atoms. The van der Waals surface area contributed by atoms with Crippen molar-refractivity contribution in [2.24, 2.45) is 0 Å². The normalized spacial score (nSPS) is 19.7. The zero-order chi connectivity index (χ0) is 23.3. The highest BCUT2D eigenvalue weighted by atomic mass is 32.2. The molecule has 1 saturated carbocycles. The number of hydrogen-bond donors (Lipinski definition) is 1. The van der Waals surface area contributed by atoms with Gasteiger partial charge in [-0.1, -0.05) is 43.0 Å². The molecule has 2 aliphatic rings. The molecule has 9 nitrogen and oxygen atoms in total. The van der Waals surface area contributed by atoms with E-state index in [1.807, 2.05) is 0 Å². The third kappa shape index (κ3) is 5.62. The van der Waals surface area contributed by atoms with E-state index >= 15 is 0 Å². The van der Waals surface area contributed by atoms with Crippen molar-refractivity contribution in [1.82, 2.24) is 19.8 Å². The van der Waals surface area contributed by atoms with Crippen molar-refractivity contribution < 1.29 is 22.5 Å². The minimum Gasteiger partial charge on any atom is -0.379 e. The summed E-state index contributed by atoms with van der Waals surface area (Å²) in [7, 11) is -3.52. The fourth-order valence-electron chi connectivity index (χ4n) is 4.58. The molecule has 0 bridgehead atoms. The van der Waals surface area contributed by atoms with Crippen LogP contribution in [0.2, 0.25) is 0 Å². The van der Waals surface area contributed by atoms with Gasteiger partial charge in [-0.05, 0) is 37.0 Å². The standard InChI is InChI=1S/C23H32N4O5S/c1-18-24-22(26-32-18)23(12-4-2-3-5-13-23)25-21(28)11-8-19-6-9-20(10-7-19)33(29,30)27-14-16-31-17-15-27/h6-7,9-10H,2-5,8,11-17H2,1H3,(H,25,28). The first-order valence-electron chi connectivity index (χ1n) is 11.7. The molecule has 10 heteroatoms. The molecule has 4 rings (SSSR count). The second-order valence-corrected chi connectivity index (χ2v) is 10.8. The van der Waals surface area contributed by atoms with E-state index in [0.717, 1.165) is 44.1 Å². The summed E-state index contributed by atoms with van der Waals surface area (Å²) in [4.78, 5) is 17.6. The summed E-state index contributed by atoms with van der Waals surface area (Å²) in [6.45, 7) is 3.32. The molecule has 2 heterocycles. The topological polar surface area (TPSA) is 115 Å². The zero-order valence-electron chi connectivity index (χ0n) is 19.1. The Labute approximate surface area is 194 Å². The number of carbonyl (C=O) groups excluding carboxylic acids is 1. The van der Waals surface area contributed by atoms with Gasteiger partial charge in [-0.3, -0.25) is 4.79 Å². The summed E-state index contributed by atoms with van der Waals surface area (Å²) in [5.74, 6) is 0.993. The Bertz CT molecular complexity index is 1040. The molecule has 0 radical (unpaired) electrons. The third-order valence-electron chi connectivity index (χ3n) is 6.46. The van der Waals surface area contributed by atoms with Gasteiger partial charge in [0.15, 0.2) is 5.82 Å². The van der Waals surface area contributed by atoms with Crippen LogP contribution in [0.4, 0.5) is 0 Å². The van der Waals surface area contributed by atoms with E-state index in [2.05, 4.69) is 15.5 Å². The van der Waals surface area contributed by atoms with Gasteiger partial charge in [-0.15, -0.1) is 0 Å². The fraction of sp³-hybridized carbons (Fsp3) is 0.609. The molecular weight excluding hydrogens is 444 g/mol. The Morgan fingerprint density at radius 3 is 2.36 bits per heavy atom. The van der Waals surface area contributed by atoms with Crippen molar-refractivity contribution in [2.45, 2.75) is 68.7 Å². The largest absolute Gasteiger partial charge is 0.379 e. The van der Waals surface area contributed by atoms with Crippen LogP contribution < -0.4 is 5.32 Å². The summed E-state index contributed by atoms with van der Waals surface area (Å²) >= 11 is 0. The minimum atomic E-state index is -3.52. The van der Waals surface area contributed by atoms with Crippen molar-refractivity contribution in [3.63, 3.8) is 0 Å². The van der Waals surface area contributed by atoms with Gasteiger partial charge in [0.05, 0.1) is 18.1 Å². The molecule has 180 valence electrons. The van der Waals surface area contributed by atoms with Gasteiger partial charge in [-0.2, -0.15) is 9.29 Å². The molecule has 2 aromatic rings. The van der Waals surface area contributed by atoms with Crippen molar-refractivity contribution in [2.75, 3.05) is 26.3 Å². The Morgan fingerprint density at radius 2 is 1.76 bits per heavy atom. The van der Waals surface area contributed by atoms with Crippen LogP contribution in [-0.2, 0) is 31.5 Å². The Balaban J connectivity index is 1.38. The molecule has 1 aliphatic carbocycles. The maximum atomic E-state index is 12.9. The number of sulfonamides is 1. The number of aryl methyl sites for hydroxylation is 2. The number of aromatic nitrogens is 2. The SMILES string of the molecule is Cc1nc(C2(NC(=O)CCc3ccc(S(=O)(=O)N4CCOCC4)cc3)CCCCCC2)no1. The maximum absolute atomic E-state index is 12.9. The second-order valence-electron chi connectivity index (χ2n) is 8.84. The molecule has 1 saturated heterocycles. The van der Waals surface area contributed by atoms with Gasteiger partial charge in [0.1, 0.15) is 5.54 Å². The second kappa shape index (κ2) is 10.3. The van der Waals surface area contributed by atoms with E-state index in [0.29, 0.717) is 50.9 Å². The van der Waals surface area contributed by atoms with Crippen molar-refractivity contribution in [3.05, 3.63) is 41.5 Å².